The Bertz CT molecular complexity index is 969. The second kappa shape index (κ2) is 18.2. The second-order valence-electron chi connectivity index (χ2n) is 12.0. The molecule has 8 rings (SSSR count). The van der Waals surface area contributed by atoms with Gasteiger partial charge in [-0.15, -0.1) is 0 Å². The fourth-order valence-corrected chi connectivity index (χ4v) is 5.77. The molecule has 272 valence electrons. The van der Waals surface area contributed by atoms with E-state index >= 15 is 0 Å². The Hall–Kier alpha value is -2.17. The topological polar surface area (TPSA) is 119 Å². The van der Waals surface area contributed by atoms with E-state index in [1.54, 1.807) is 0 Å². The Morgan fingerprint density at radius 3 is 0.750 bits per heavy atom. The van der Waals surface area contributed by atoms with Crippen molar-refractivity contribution in [2.75, 3.05) is 105 Å². The van der Waals surface area contributed by atoms with Gasteiger partial charge in [-0.05, 0) is 156 Å². The van der Waals surface area contributed by atoms with Crippen molar-refractivity contribution < 1.29 is 47.6 Å². The van der Waals surface area contributed by atoms with Crippen LogP contribution in [0.5, 0.6) is 0 Å². The summed E-state index contributed by atoms with van der Waals surface area (Å²) in [6, 6.07) is 0. The third kappa shape index (κ3) is 16.5. The van der Waals surface area contributed by atoms with E-state index in [4.69, 9.17) is 0 Å². The van der Waals surface area contributed by atoms with Crippen molar-refractivity contribution in [3.05, 3.63) is 21.3 Å². The van der Waals surface area contributed by atoms with Gasteiger partial charge in [0.2, 0.25) is 0 Å². The third-order valence-corrected chi connectivity index (χ3v) is 7.85. The molecule has 0 radical (unpaired) electrons. The molecule has 48 heavy (non-hydrogen) atoms. The molecule has 0 aromatic heterocycles. The molecule has 8 aliphatic heterocycles. The van der Waals surface area contributed by atoms with Crippen LogP contribution in [0.2, 0.25) is 0 Å². The van der Waals surface area contributed by atoms with Gasteiger partial charge in [-0.2, -0.15) is 0 Å². The van der Waals surface area contributed by atoms with E-state index in [0.717, 1.165) is 76.2 Å². The fourth-order valence-electron chi connectivity index (χ4n) is 5.77. The Labute approximate surface area is 295 Å². The normalized spacial score (nSPS) is 24.0. The predicted molar refractivity (Wildman–Crippen MR) is 179 cm³/mol. The minimum atomic E-state index is -10.7. The maximum absolute atomic E-state index is 10.7. The molecule has 0 aromatic rings. The van der Waals surface area contributed by atoms with Crippen LogP contribution in [0.4, 0.5) is 25.2 Å². The fraction of sp³-hybridized carbons (Fsp3) is 0.857. The third-order valence-electron chi connectivity index (χ3n) is 7.85. The number of aliphatic imine (C=N–C) groups is 4. The number of fused-ring (bicyclic) bond motifs is 4. The molecule has 20 heteroatoms. The first-order valence-electron chi connectivity index (χ1n) is 16.8. The molecule has 4 fully saturated rings. The van der Waals surface area contributed by atoms with Crippen molar-refractivity contribution in [3.63, 3.8) is 0 Å². The molecule has 8 aliphatic rings. The molecule has 8 heterocycles. The quantitative estimate of drug-likeness (QED) is 0.155. The van der Waals surface area contributed by atoms with Crippen molar-refractivity contribution in [1.82, 2.24) is 19.6 Å². The van der Waals surface area contributed by atoms with Crippen LogP contribution in [-0.2, 0) is 22.4 Å². The van der Waals surface area contributed by atoms with Gasteiger partial charge in [-0.3, -0.25) is 0 Å². The minimum absolute atomic E-state index is 0. The van der Waals surface area contributed by atoms with Crippen LogP contribution in [0.25, 0.3) is 21.3 Å². The van der Waals surface area contributed by atoms with Gasteiger partial charge < -0.3 is 60.8 Å². The summed E-state index contributed by atoms with van der Waals surface area (Å²) in [5.41, 5.74) is 0. The molecule has 0 bridgehead atoms. The zero-order chi connectivity index (χ0) is 33.7. The molecule has 0 saturated carbocycles. The largest absolute Gasteiger partial charge is 5.00 e. The first-order chi connectivity index (χ1) is 22.3. The van der Waals surface area contributed by atoms with E-state index in [1.165, 1.54) is 104 Å². The molecule has 0 atom stereocenters. The molecule has 0 aliphatic carbocycles. The van der Waals surface area contributed by atoms with E-state index in [0.29, 0.717) is 0 Å². The smallest absolute Gasteiger partial charge is 5.00 e. The van der Waals surface area contributed by atoms with Crippen LogP contribution in [0.1, 0.15) is 51.4 Å². The second-order valence-corrected chi connectivity index (χ2v) is 13.9. The van der Waals surface area contributed by atoms with E-state index in [1.807, 2.05) is 0 Å². The molecule has 0 N–H and O–H groups in total. The molecule has 0 spiro atoms. The van der Waals surface area contributed by atoms with Crippen molar-refractivity contribution in [2.24, 2.45) is 20.0 Å². The van der Waals surface area contributed by atoms with Crippen LogP contribution >= 0.6 is 7.81 Å². The SMILES string of the molecule is C1CN=C2[N-]CCCN2C1.C1CN=C2[N-]CCCN2C1.C1CN=C2[N-]CCCN2C1.C1CN=C2[N-]CCCN2C1.F[P-](F)(F)(F)(F)F.[Nb+5]. The Balaban J connectivity index is 0.000000163. The van der Waals surface area contributed by atoms with Crippen LogP contribution in [0.15, 0.2) is 20.0 Å². The monoisotopic (exact) mass is 790 g/mol. The number of hydrogen-bond acceptors (Lipinski definition) is 8. The molecule has 0 unspecified atom stereocenters. The summed E-state index contributed by atoms with van der Waals surface area (Å²) in [5.74, 6) is 4.05. The average molecular weight is 791 g/mol. The number of nitrogens with zero attached hydrogens (tertiary/aromatic N) is 12. The minimum Gasteiger partial charge on any atom is 5.00 e. The Morgan fingerprint density at radius 2 is 0.562 bits per heavy atom. The van der Waals surface area contributed by atoms with Crippen LogP contribution in [0, 0.1) is 0 Å². The standard InChI is InChI=1S/4C7H12N3.F6P.Nb/c4*1-3-8-7-9-4-2-6-10(7)5-1;1-7(2,3,4,5)6;/h4*1-6H2;;/q5*-1;+5. The summed E-state index contributed by atoms with van der Waals surface area (Å²) in [6.45, 7) is 17.2. The molecular weight excluding hydrogens is 742 g/mol. The van der Waals surface area contributed by atoms with Crippen LogP contribution in [-0.4, -0.2) is 148 Å². The van der Waals surface area contributed by atoms with E-state index in [2.05, 4.69) is 60.8 Å². The predicted octanol–water partition coefficient (Wildman–Crippen LogP) is 6.68. The van der Waals surface area contributed by atoms with Crippen LogP contribution in [0.3, 0.4) is 0 Å². The van der Waals surface area contributed by atoms with Gasteiger partial charge >= 0.3 is 55.4 Å². The van der Waals surface area contributed by atoms with E-state index in [9.17, 15) is 25.2 Å². The maximum Gasteiger partial charge on any atom is 5.00 e. The zero-order valence-corrected chi connectivity index (χ0v) is 30.6. The summed E-state index contributed by atoms with van der Waals surface area (Å²) in [6.07, 6.45) is 9.66. The molecule has 12 nitrogen and oxygen atoms in total. The summed E-state index contributed by atoms with van der Waals surface area (Å²) >= 11 is 0. The number of rotatable bonds is 0. The molecular formula is C28H48F6N12NbP. The molecule has 0 aromatic carbocycles. The van der Waals surface area contributed by atoms with Gasteiger partial charge in [0.1, 0.15) is 0 Å². The van der Waals surface area contributed by atoms with Crippen molar-refractivity contribution >= 4 is 31.6 Å². The first kappa shape index (κ1) is 40.3. The van der Waals surface area contributed by atoms with Gasteiger partial charge in [0.15, 0.2) is 0 Å². The maximum atomic E-state index is 9.87. The van der Waals surface area contributed by atoms with E-state index < -0.39 is 7.81 Å². The van der Waals surface area contributed by atoms with Crippen LogP contribution < -0.4 is 0 Å². The summed E-state index contributed by atoms with van der Waals surface area (Å²) in [7, 11) is -10.7. The van der Waals surface area contributed by atoms with Crippen molar-refractivity contribution in [3.8, 4) is 0 Å². The number of halogens is 6. The number of hydrogen-bond donors (Lipinski definition) is 0. The Morgan fingerprint density at radius 1 is 0.375 bits per heavy atom. The van der Waals surface area contributed by atoms with Gasteiger partial charge in [-0.25, -0.2) is 0 Å². The first-order valence-corrected chi connectivity index (χ1v) is 18.8. The average Bonchev–Trinajstić information content (AvgIpc) is 3.08. The summed E-state index contributed by atoms with van der Waals surface area (Å²) in [5, 5.41) is 17.3. The van der Waals surface area contributed by atoms with Gasteiger partial charge in [-0.1, -0.05) is 0 Å². The van der Waals surface area contributed by atoms with Gasteiger partial charge in [0.25, 0.3) is 0 Å². The number of guanidine groups is 4. The van der Waals surface area contributed by atoms with Gasteiger partial charge in [0.05, 0.1) is 0 Å². The summed E-state index contributed by atoms with van der Waals surface area (Å²) < 4.78 is 59.2. The summed E-state index contributed by atoms with van der Waals surface area (Å²) in [4.78, 5) is 26.4. The molecule has 0 amide bonds. The molecule has 4 saturated heterocycles. The van der Waals surface area contributed by atoms with Gasteiger partial charge in [0, 0.05) is 23.8 Å². The van der Waals surface area contributed by atoms with E-state index in [-0.39, 0.29) is 22.4 Å². The van der Waals surface area contributed by atoms with Crippen molar-refractivity contribution in [2.45, 2.75) is 51.4 Å². The zero-order valence-electron chi connectivity index (χ0n) is 27.5. The Kier molecular flexibility index (Phi) is 15.2. The van der Waals surface area contributed by atoms with Crippen molar-refractivity contribution in [1.29, 1.82) is 0 Å².